The number of hydrogen-bond donors (Lipinski definition) is 1. The molecule has 4 nitrogen and oxygen atoms in total. The Morgan fingerprint density at radius 2 is 1.33 bits per heavy atom. The van der Waals surface area contributed by atoms with E-state index in [4.69, 9.17) is 9.90 Å². The monoisotopic (exact) mass is 138 g/mol. The van der Waals surface area contributed by atoms with Gasteiger partial charge in [0.25, 0.3) is 6.47 Å². The van der Waals surface area contributed by atoms with E-state index >= 15 is 0 Å². The summed E-state index contributed by atoms with van der Waals surface area (Å²) in [4.78, 5) is 8.36. The maximum absolute atomic E-state index is 8.36. The quantitative estimate of drug-likeness (QED) is 0.310. The van der Waals surface area contributed by atoms with E-state index in [0.29, 0.717) is 0 Å². The molecule has 0 spiro atoms. The van der Waals surface area contributed by atoms with Crippen LogP contribution in [0.2, 0.25) is 0 Å². The van der Waals surface area contributed by atoms with Gasteiger partial charge in [-0.1, -0.05) is 0 Å². The molecule has 5 N–H and O–H groups in total. The molecule has 0 rings (SSSR count). The van der Waals surface area contributed by atoms with Crippen LogP contribution >= 0.6 is 0 Å². The second-order valence-electron chi connectivity index (χ2n) is 0.105. The van der Waals surface area contributed by atoms with Crippen molar-refractivity contribution in [2.45, 2.75) is 0 Å². The van der Waals surface area contributed by atoms with Crippen molar-refractivity contribution in [1.82, 2.24) is 0 Å². The summed E-state index contributed by atoms with van der Waals surface area (Å²) in [6.07, 6.45) is 0. The van der Waals surface area contributed by atoms with Crippen molar-refractivity contribution in [1.29, 1.82) is 0 Å². The molecule has 0 amide bonds. The molecule has 0 fully saturated rings. The first-order valence-electron chi connectivity index (χ1n) is 0.494. The minimum Gasteiger partial charge on any atom is -0.483 e. The first-order chi connectivity index (χ1) is 1.41. The molecular formula is CH6FeO4. The van der Waals surface area contributed by atoms with Crippen molar-refractivity contribution in [3.8, 4) is 0 Å². The largest absolute Gasteiger partial charge is 0.483 e. The van der Waals surface area contributed by atoms with Gasteiger partial charge in [0.15, 0.2) is 0 Å². The fraction of sp³-hybridized carbons (Fsp3) is 0. The molecule has 0 aliphatic heterocycles. The average Bonchev–Trinajstić information content (AvgIpc) is 0.918. The molecule has 5 heteroatoms. The van der Waals surface area contributed by atoms with E-state index in [-0.39, 0.29) is 34.5 Å². The molecule has 6 heavy (non-hydrogen) atoms. The van der Waals surface area contributed by atoms with Crippen LogP contribution in [0.3, 0.4) is 0 Å². The van der Waals surface area contributed by atoms with E-state index in [1.54, 1.807) is 0 Å². The van der Waals surface area contributed by atoms with E-state index in [9.17, 15) is 0 Å². The van der Waals surface area contributed by atoms with E-state index in [2.05, 4.69) is 0 Å². The second-order valence-corrected chi connectivity index (χ2v) is 0.105. The zero-order valence-corrected chi connectivity index (χ0v) is 3.89. The summed E-state index contributed by atoms with van der Waals surface area (Å²) in [6.45, 7) is -0.250. The van der Waals surface area contributed by atoms with Crippen molar-refractivity contribution in [3.05, 3.63) is 0 Å². The van der Waals surface area contributed by atoms with Gasteiger partial charge in [0.05, 0.1) is 0 Å². The van der Waals surface area contributed by atoms with Crippen LogP contribution in [0.15, 0.2) is 0 Å². The van der Waals surface area contributed by atoms with Gasteiger partial charge < -0.3 is 16.1 Å². The Morgan fingerprint density at radius 3 is 1.33 bits per heavy atom. The molecule has 0 aliphatic rings. The number of rotatable bonds is 0. The third-order valence-corrected chi connectivity index (χ3v) is 0. The van der Waals surface area contributed by atoms with Gasteiger partial charge in [0.2, 0.25) is 0 Å². The van der Waals surface area contributed by atoms with Crippen LogP contribution in [0.5, 0.6) is 0 Å². The van der Waals surface area contributed by atoms with Crippen molar-refractivity contribution in [2.24, 2.45) is 0 Å². The maximum Gasteiger partial charge on any atom is 0.290 e. The first-order valence-corrected chi connectivity index (χ1v) is 0.494. The third-order valence-electron chi connectivity index (χ3n) is 0. The molecule has 0 unspecified atom stereocenters. The molecule has 0 atom stereocenters. The predicted octanol–water partition coefficient (Wildman–Crippen LogP) is -1.95. The van der Waals surface area contributed by atoms with E-state index in [1.165, 1.54) is 0 Å². The van der Waals surface area contributed by atoms with E-state index < -0.39 is 0 Å². The molecule has 0 bridgehead atoms. The second kappa shape index (κ2) is 90.7. The normalized spacial score (nSPS) is 2.00. The molecule has 0 heterocycles. The zero-order valence-electron chi connectivity index (χ0n) is 2.79. The molecule has 0 aliphatic carbocycles. The van der Waals surface area contributed by atoms with Gasteiger partial charge in [0.1, 0.15) is 0 Å². The number of carbonyl (C=O) groups is 1. The molecule has 0 aromatic carbocycles. The van der Waals surface area contributed by atoms with Crippen LogP contribution in [0.4, 0.5) is 0 Å². The van der Waals surface area contributed by atoms with E-state index in [1.807, 2.05) is 0 Å². The minimum atomic E-state index is -0.250. The SMILES string of the molecule is O.O.O=CO.[Fe]. The predicted molar refractivity (Wildman–Crippen MR) is 15.9 cm³/mol. The minimum absolute atomic E-state index is 0. The van der Waals surface area contributed by atoms with Crippen molar-refractivity contribution >= 4 is 6.47 Å². The summed E-state index contributed by atoms with van der Waals surface area (Å²) in [6, 6.07) is 0. The Bertz CT molecular complexity index is 15.0. The van der Waals surface area contributed by atoms with Gasteiger partial charge in [0, 0.05) is 17.1 Å². The fourth-order valence-electron chi connectivity index (χ4n) is 0. The van der Waals surface area contributed by atoms with Crippen LogP contribution in [0, 0.1) is 0 Å². The van der Waals surface area contributed by atoms with Crippen molar-refractivity contribution < 1.29 is 37.9 Å². The fourth-order valence-corrected chi connectivity index (χ4v) is 0. The molecule has 42 valence electrons. The summed E-state index contributed by atoms with van der Waals surface area (Å²) in [5.74, 6) is 0. The Kier molecular flexibility index (Phi) is 591. The summed E-state index contributed by atoms with van der Waals surface area (Å²) in [7, 11) is 0. The number of hydrogen-bond acceptors (Lipinski definition) is 1. The standard InChI is InChI=1S/CH2O2.Fe.2H2O/c2-1-3;;;/h1H,(H,2,3);;2*1H2. The molecule has 0 saturated carbocycles. The van der Waals surface area contributed by atoms with Gasteiger partial charge in [-0.2, -0.15) is 0 Å². The molecule has 0 aromatic heterocycles. The van der Waals surface area contributed by atoms with Crippen molar-refractivity contribution in [3.63, 3.8) is 0 Å². The van der Waals surface area contributed by atoms with Crippen LogP contribution < -0.4 is 0 Å². The smallest absolute Gasteiger partial charge is 0.290 e. The van der Waals surface area contributed by atoms with Crippen LogP contribution in [0.25, 0.3) is 0 Å². The van der Waals surface area contributed by atoms with Gasteiger partial charge in [-0.05, 0) is 0 Å². The Labute approximate surface area is 45.3 Å². The summed E-state index contributed by atoms with van der Waals surface area (Å²) < 4.78 is 0. The van der Waals surface area contributed by atoms with Gasteiger partial charge in [-0.15, -0.1) is 0 Å². The van der Waals surface area contributed by atoms with Crippen molar-refractivity contribution in [2.75, 3.05) is 0 Å². The first kappa shape index (κ1) is 39.1. The van der Waals surface area contributed by atoms with Crippen LogP contribution in [-0.2, 0) is 21.9 Å². The maximum atomic E-state index is 8.36. The molecular weight excluding hydrogens is 132 g/mol. The Balaban J connectivity index is -0.00000000667. The van der Waals surface area contributed by atoms with Gasteiger partial charge >= 0.3 is 0 Å². The van der Waals surface area contributed by atoms with E-state index in [0.717, 1.165) is 0 Å². The Morgan fingerprint density at radius 1 is 1.33 bits per heavy atom. The topological polar surface area (TPSA) is 100 Å². The molecule has 0 radical (unpaired) electrons. The summed E-state index contributed by atoms with van der Waals surface area (Å²) in [5.41, 5.74) is 0. The molecule has 0 aromatic rings. The van der Waals surface area contributed by atoms with Gasteiger partial charge in [-0.25, -0.2) is 0 Å². The number of carboxylic acid groups (broad SMARTS) is 1. The third kappa shape index (κ3) is 4040. The average molecular weight is 138 g/mol. The zero-order chi connectivity index (χ0) is 2.71. The van der Waals surface area contributed by atoms with Crippen LogP contribution in [0.1, 0.15) is 0 Å². The molecule has 0 saturated heterocycles. The summed E-state index contributed by atoms with van der Waals surface area (Å²) in [5, 5.41) is 6.89. The van der Waals surface area contributed by atoms with Crippen LogP contribution in [-0.4, -0.2) is 22.5 Å². The Hall–Kier alpha value is -0.0905. The summed E-state index contributed by atoms with van der Waals surface area (Å²) >= 11 is 0. The van der Waals surface area contributed by atoms with Gasteiger partial charge in [-0.3, -0.25) is 4.79 Å².